The molecule has 0 aromatic carbocycles. The second-order valence-corrected chi connectivity index (χ2v) is 8.20. The molecule has 3 heterocycles. The molecule has 1 aromatic heterocycles. The van der Waals surface area contributed by atoms with Crippen molar-refractivity contribution in [2.45, 2.75) is 38.8 Å². The average molecular weight is 408 g/mol. The van der Waals surface area contributed by atoms with Gasteiger partial charge in [0.1, 0.15) is 0 Å². The highest BCUT2D eigenvalue weighted by Crippen LogP contribution is 2.26. The molecule has 3 rings (SSSR count). The molecule has 0 radical (unpaired) electrons. The molecule has 28 heavy (non-hydrogen) atoms. The van der Waals surface area contributed by atoms with Gasteiger partial charge >= 0.3 is 0 Å². The zero-order valence-corrected chi connectivity index (χ0v) is 17.8. The first-order valence-electron chi connectivity index (χ1n) is 10.4. The summed E-state index contributed by atoms with van der Waals surface area (Å²) in [5.74, 6) is 1.07. The first-order valence-corrected chi connectivity index (χ1v) is 11.3. The fourth-order valence-corrected chi connectivity index (χ4v) is 4.63. The molecule has 2 unspecified atom stereocenters. The van der Waals surface area contributed by atoms with Gasteiger partial charge < -0.3 is 20.3 Å². The summed E-state index contributed by atoms with van der Waals surface area (Å²) in [7, 11) is 0. The SMILES string of the molecule is CCNC(=NCC(c1cccs1)N1CCOCC1)NC1CCN(C(=O)CC)C1. The van der Waals surface area contributed by atoms with Crippen LogP contribution in [0.3, 0.4) is 0 Å². The summed E-state index contributed by atoms with van der Waals surface area (Å²) in [5.41, 5.74) is 0. The minimum atomic E-state index is 0.233. The summed E-state index contributed by atoms with van der Waals surface area (Å²) in [4.78, 5) is 22.6. The maximum absolute atomic E-state index is 11.9. The van der Waals surface area contributed by atoms with Crippen LogP contribution in [-0.2, 0) is 9.53 Å². The third-order valence-corrected chi connectivity index (χ3v) is 6.28. The Labute approximate surface area is 172 Å². The quantitative estimate of drug-likeness (QED) is 0.532. The van der Waals surface area contributed by atoms with E-state index in [1.54, 1.807) is 11.3 Å². The highest BCUT2D eigenvalue weighted by Gasteiger charge is 2.27. The molecule has 1 amide bonds. The van der Waals surface area contributed by atoms with Gasteiger partial charge in [0.2, 0.25) is 5.91 Å². The van der Waals surface area contributed by atoms with E-state index in [0.717, 1.165) is 58.3 Å². The number of hydrogen-bond acceptors (Lipinski definition) is 5. The second-order valence-electron chi connectivity index (χ2n) is 7.22. The summed E-state index contributed by atoms with van der Waals surface area (Å²) in [6, 6.07) is 4.85. The van der Waals surface area contributed by atoms with Gasteiger partial charge in [0.05, 0.1) is 25.8 Å². The van der Waals surface area contributed by atoms with Crippen molar-refractivity contribution in [2.75, 3.05) is 52.5 Å². The molecule has 2 saturated heterocycles. The number of carbonyl (C=O) groups is 1. The number of nitrogens with zero attached hydrogens (tertiary/aromatic N) is 3. The fourth-order valence-electron chi connectivity index (χ4n) is 3.77. The Kier molecular flexibility index (Phi) is 8.12. The van der Waals surface area contributed by atoms with Gasteiger partial charge in [-0.05, 0) is 24.8 Å². The van der Waals surface area contributed by atoms with Gasteiger partial charge in [-0.3, -0.25) is 14.7 Å². The lowest BCUT2D eigenvalue weighted by molar-refractivity contribution is -0.129. The van der Waals surface area contributed by atoms with Crippen LogP contribution in [0.5, 0.6) is 0 Å². The molecule has 2 N–H and O–H groups in total. The number of amides is 1. The second kappa shape index (κ2) is 10.8. The Bertz CT molecular complexity index is 631. The Morgan fingerprint density at radius 1 is 1.36 bits per heavy atom. The lowest BCUT2D eigenvalue weighted by Crippen LogP contribution is -2.46. The lowest BCUT2D eigenvalue weighted by atomic mass is 10.2. The summed E-state index contributed by atoms with van der Waals surface area (Å²) in [6.45, 7) is 10.6. The van der Waals surface area contributed by atoms with Crippen molar-refractivity contribution < 1.29 is 9.53 Å². The number of guanidine groups is 1. The number of nitrogens with one attached hydrogen (secondary N) is 2. The number of aliphatic imine (C=N–C) groups is 1. The normalized spacial score (nSPS) is 22.3. The van der Waals surface area contributed by atoms with Gasteiger partial charge in [0, 0.05) is 50.1 Å². The Morgan fingerprint density at radius 3 is 2.86 bits per heavy atom. The van der Waals surface area contributed by atoms with Crippen LogP contribution in [0.25, 0.3) is 0 Å². The number of ether oxygens (including phenoxy) is 1. The first kappa shape index (κ1) is 21.1. The van der Waals surface area contributed by atoms with Crippen molar-refractivity contribution in [3.63, 3.8) is 0 Å². The van der Waals surface area contributed by atoms with E-state index in [9.17, 15) is 4.79 Å². The predicted molar refractivity (Wildman–Crippen MR) is 114 cm³/mol. The van der Waals surface area contributed by atoms with E-state index in [-0.39, 0.29) is 18.0 Å². The molecule has 156 valence electrons. The minimum absolute atomic E-state index is 0.233. The molecular weight excluding hydrogens is 374 g/mol. The molecule has 8 heteroatoms. The van der Waals surface area contributed by atoms with E-state index < -0.39 is 0 Å². The zero-order valence-electron chi connectivity index (χ0n) is 17.0. The number of thiophene rings is 1. The number of hydrogen-bond donors (Lipinski definition) is 2. The summed E-state index contributed by atoms with van der Waals surface area (Å²) in [6.07, 6.45) is 1.54. The maximum Gasteiger partial charge on any atom is 0.222 e. The average Bonchev–Trinajstić information content (AvgIpc) is 3.41. The number of morpholine rings is 1. The molecule has 0 aliphatic carbocycles. The molecule has 0 bridgehead atoms. The van der Waals surface area contributed by atoms with E-state index in [0.29, 0.717) is 13.0 Å². The first-order chi connectivity index (χ1) is 13.7. The highest BCUT2D eigenvalue weighted by molar-refractivity contribution is 7.10. The molecule has 2 atom stereocenters. The summed E-state index contributed by atoms with van der Waals surface area (Å²) >= 11 is 1.79. The number of likely N-dealkylation sites (tertiary alicyclic amines) is 1. The Balaban J connectivity index is 1.63. The van der Waals surface area contributed by atoms with Crippen LogP contribution in [-0.4, -0.2) is 80.2 Å². The van der Waals surface area contributed by atoms with Crippen molar-refractivity contribution >= 4 is 23.2 Å². The molecule has 7 nitrogen and oxygen atoms in total. The van der Waals surface area contributed by atoms with Crippen LogP contribution < -0.4 is 10.6 Å². The van der Waals surface area contributed by atoms with Crippen molar-refractivity contribution in [3.8, 4) is 0 Å². The Hall–Kier alpha value is -1.64. The van der Waals surface area contributed by atoms with Gasteiger partial charge in [-0.2, -0.15) is 0 Å². The molecule has 2 aliphatic rings. The summed E-state index contributed by atoms with van der Waals surface area (Å²) < 4.78 is 5.53. The van der Waals surface area contributed by atoms with E-state index in [2.05, 4.69) is 40.0 Å². The van der Waals surface area contributed by atoms with E-state index in [1.807, 2.05) is 11.8 Å². The Morgan fingerprint density at radius 2 is 2.18 bits per heavy atom. The van der Waals surface area contributed by atoms with E-state index in [4.69, 9.17) is 9.73 Å². The van der Waals surface area contributed by atoms with Gasteiger partial charge in [0.25, 0.3) is 0 Å². The minimum Gasteiger partial charge on any atom is -0.379 e. The van der Waals surface area contributed by atoms with Crippen molar-refractivity contribution in [3.05, 3.63) is 22.4 Å². The van der Waals surface area contributed by atoms with Crippen LogP contribution in [0, 0.1) is 0 Å². The van der Waals surface area contributed by atoms with Crippen LogP contribution in [0.4, 0.5) is 0 Å². The maximum atomic E-state index is 11.9. The van der Waals surface area contributed by atoms with Crippen molar-refractivity contribution in [1.29, 1.82) is 0 Å². The van der Waals surface area contributed by atoms with Crippen molar-refractivity contribution in [2.24, 2.45) is 4.99 Å². The molecule has 1 aromatic rings. The summed E-state index contributed by atoms with van der Waals surface area (Å²) in [5, 5.41) is 9.03. The molecular formula is C20H33N5O2S. The third-order valence-electron chi connectivity index (χ3n) is 5.31. The van der Waals surface area contributed by atoms with Gasteiger partial charge in [-0.15, -0.1) is 11.3 Å². The predicted octanol–water partition coefficient (Wildman–Crippen LogP) is 1.69. The third kappa shape index (κ3) is 5.68. The van der Waals surface area contributed by atoms with Gasteiger partial charge in [-0.1, -0.05) is 13.0 Å². The topological polar surface area (TPSA) is 69.2 Å². The van der Waals surface area contributed by atoms with Crippen molar-refractivity contribution in [1.82, 2.24) is 20.4 Å². The molecule has 0 saturated carbocycles. The smallest absolute Gasteiger partial charge is 0.222 e. The monoisotopic (exact) mass is 407 g/mol. The highest BCUT2D eigenvalue weighted by atomic mass is 32.1. The number of carbonyl (C=O) groups excluding carboxylic acids is 1. The molecule has 0 spiro atoms. The van der Waals surface area contributed by atoms with Gasteiger partial charge in [0.15, 0.2) is 5.96 Å². The number of rotatable bonds is 7. The van der Waals surface area contributed by atoms with Crippen LogP contribution in [0.1, 0.15) is 37.6 Å². The van der Waals surface area contributed by atoms with Crippen LogP contribution >= 0.6 is 11.3 Å². The van der Waals surface area contributed by atoms with Gasteiger partial charge in [-0.25, -0.2) is 0 Å². The fraction of sp³-hybridized carbons (Fsp3) is 0.700. The van der Waals surface area contributed by atoms with Crippen LogP contribution in [0.15, 0.2) is 22.5 Å². The van der Waals surface area contributed by atoms with E-state index >= 15 is 0 Å². The lowest BCUT2D eigenvalue weighted by Gasteiger charge is -2.33. The molecule has 2 fully saturated rings. The zero-order chi connectivity index (χ0) is 19.8. The van der Waals surface area contributed by atoms with E-state index in [1.165, 1.54) is 4.88 Å². The standard InChI is InChI=1S/C20H33N5O2S/c1-3-19(26)25-8-7-16(15-25)23-20(21-4-2)22-14-17(18-6-5-13-28-18)24-9-11-27-12-10-24/h5-6,13,16-17H,3-4,7-12,14-15H2,1-2H3,(H2,21,22,23). The van der Waals surface area contributed by atoms with Crippen LogP contribution in [0.2, 0.25) is 0 Å². The molecule has 2 aliphatic heterocycles. The largest absolute Gasteiger partial charge is 0.379 e.